The van der Waals surface area contributed by atoms with Gasteiger partial charge >= 0.3 is 0 Å². The summed E-state index contributed by atoms with van der Waals surface area (Å²) in [7, 11) is 0. The monoisotopic (exact) mass is 323 g/mol. The maximum atomic E-state index is 13.1. The van der Waals surface area contributed by atoms with Crippen molar-refractivity contribution < 1.29 is 18.4 Å². The predicted octanol–water partition coefficient (Wildman–Crippen LogP) is 2.57. The van der Waals surface area contributed by atoms with Crippen LogP contribution in [0, 0.1) is 11.6 Å². The number of amides is 2. The van der Waals surface area contributed by atoms with Gasteiger partial charge in [-0.05, 0) is 31.0 Å². The largest absolute Gasteiger partial charge is 0.348 e. The maximum absolute atomic E-state index is 13.1. The van der Waals surface area contributed by atoms with Crippen molar-refractivity contribution in [1.82, 2.24) is 10.3 Å². The fourth-order valence-corrected chi connectivity index (χ4v) is 2.41. The van der Waals surface area contributed by atoms with Crippen molar-refractivity contribution >= 4 is 28.3 Å². The number of rotatable bonds is 4. The van der Waals surface area contributed by atoms with Crippen LogP contribution in [0.2, 0.25) is 0 Å². The molecular weight excluding hydrogens is 312 g/mol. The summed E-state index contributed by atoms with van der Waals surface area (Å²) < 4.78 is 25.9. The molecule has 1 heterocycles. The lowest BCUT2D eigenvalue weighted by atomic mass is 10.2. The molecule has 1 saturated carbocycles. The molecule has 3 rings (SSSR count). The van der Waals surface area contributed by atoms with E-state index in [4.69, 9.17) is 0 Å². The minimum absolute atomic E-state index is 0.0296. The van der Waals surface area contributed by atoms with E-state index in [1.165, 1.54) is 11.4 Å². The zero-order chi connectivity index (χ0) is 15.7. The molecule has 1 aliphatic carbocycles. The molecule has 0 saturated heterocycles. The van der Waals surface area contributed by atoms with Crippen LogP contribution in [0.3, 0.4) is 0 Å². The number of halogens is 2. The summed E-state index contributed by atoms with van der Waals surface area (Å²) >= 11 is 1.08. The summed E-state index contributed by atoms with van der Waals surface area (Å²) in [4.78, 5) is 27.7. The van der Waals surface area contributed by atoms with Crippen LogP contribution in [0.5, 0.6) is 0 Å². The summed E-state index contributed by atoms with van der Waals surface area (Å²) in [5, 5.41) is 6.98. The number of nitrogens with zero attached hydrogens (tertiary/aromatic N) is 1. The Morgan fingerprint density at radius 1 is 1.18 bits per heavy atom. The van der Waals surface area contributed by atoms with Crippen LogP contribution in [-0.2, 0) is 0 Å². The molecule has 0 spiro atoms. The fraction of sp³-hybridized carbons (Fsp3) is 0.214. The first-order valence-corrected chi connectivity index (χ1v) is 7.43. The number of carbonyl (C=O) groups is 2. The molecule has 114 valence electrons. The van der Waals surface area contributed by atoms with Crippen LogP contribution in [0.4, 0.5) is 13.9 Å². The van der Waals surface area contributed by atoms with Crippen molar-refractivity contribution in [1.29, 1.82) is 0 Å². The van der Waals surface area contributed by atoms with Gasteiger partial charge in [-0.15, -0.1) is 11.3 Å². The molecule has 8 heteroatoms. The topological polar surface area (TPSA) is 71.1 Å². The SMILES string of the molecule is O=C(Nc1nc(C(=O)NC2CC2)cs1)c1ccc(F)c(F)c1. The third kappa shape index (κ3) is 3.28. The Morgan fingerprint density at radius 3 is 2.64 bits per heavy atom. The van der Waals surface area contributed by atoms with Gasteiger partial charge in [-0.3, -0.25) is 14.9 Å². The van der Waals surface area contributed by atoms with Gasteiger partial charge < -0.3 is 5.32 Å². The number of nitrogens with one attached hydrogen (secondary N) is 2. The summed E-state index contributed by atoms with van der Waals surface area (Å²) in [6.07, 6.45) is 1.94. The van der Waals surface area contributed by atoms with Crippen molar-refractivity contribution in [3.8, 4) is 0 Å². The van der Waals surface area contributed by atoms with Crippen LogP contribution in [0.1, 0.15) is 33.7 Å². The van der Waals surface area contributed by atoms with E-state index in [1.54, 1.807) is 0 Å². The zero-order valence-electron chi connectivity index (χ0n) is 11.2. The van der Waals surface area contributed by atoms with Crippen molar-refractivity contribution in [3.63, 3.8) is 0 Å². The Balaban J connectivity index is 1.67. The van der Waals surface area contributed by atoms with E-state index >= 15 is 0 Å². The lowest BCUT2D eigenvalue weighted by Gasteiger charge is -2.02. The lowest BCUT2D eigenvalue weighted by molar-refractivity contribution is 0.0945. The summed E-state index contributed by atoms with van der Waals surface area (Å²) in [6.45, 7) is 0. The van der Waals surface area contributed by atoms with Gasteiger partial charge in [-0.2, -0.15) is 0 Å². The Hall–Kier alpha value is -2.35. The number of thiazole rings is 1. The molecule has 1 aromatic heterocycles. The van der Waals surface area contributed by atoms with Crippen LogP contribution in [0.15, 0.2) is 23.6 Å². The molecule has 0 radical (unpaired) electrons. The second-order valence-corrected chi connectivity index (χ2v) is 5.73. The minimum atomic E-state index is -1.10. The molecule has 0 unspecified atom stereocenters. The Labute approximate surface area is 128 Å². The van der Waals surface area contributed by atoms with Crippen LogP contribution in [0.25, 0.3) is 0 Å². The lowest BCUT2D eigenvalue weighted by Crippen LogP contribution is -2.25. The van der Waals surface area contributed by atoms with Gasteiger partial charge in [-0.1, -0.05) is 0 Å². The molecule has 22 heavy (non-hydrogen) atoms. The van der Waals surface area contributed by atoms with E-state index in [1.807, 2.05) is 0 Å². The van der Waals surface area contributed by atoms with E-state index in [0.29, 0.717) is 0 Å². The van der Waals surface area contributed by atoms with Crippen molar-refractivity contribution in [3.05, 3.63) is 46.5 Å². The van der Waals surface area contributed by atoms with E-state index in [2.05, 4.69) is 15.6 Å². The average molecular weight is 323 g/mol. The van der Waals surface area contributed by atoms with Crippen LogP contribution < -0.4 is 10.6 Å². The molecule has 2 aromatic rings. The van der Waals surface area contributed by atoms with E-state index < -0.39 is 17.5 Å². The highest BCUT2D eigenvalue weighted by Crippen LogP contribution is 2.21. The molecule has 0 bridgehead atoms. The van der Waals surface area contributed by atoms with Crippen molar-refractivity contribution in [2.75, 3.05) is 5.32 Å². The fourth-order valence-electron chi connectivity index (χ4n) is 1.73. The van der Waals surface area contributed by atoms with Crippen molar-refractivity contribution in [2.45, 2.75) is 18.9 Å². The molecule has 5 nitrogen and oxygen atoms in total. The Morgan fingerprint density at radius 2 is 1.95 bits per heavy atom. The zero-order valence-corrected chi connectivity index (χ0v) is 12.0. The molecule has 1 aliphatic rings. The first kappa shape index (κ1) is 14.6. The third-order valence-electron chi connectivity index (χ3n) is 3.05. The van der Waals surface area contributed by atoms with Crippen LogP contribution in [-0.4, -0.2) is 22.8 Å². The highest BCUT2D eigenvalue weighted by atomic mass is 32.1. The van der Waals surface area contributed by atoms with Crippen molar-refractivity contribution in [2.24, 2.45) is 0 Å². The number of carbonyl (C=O) groups excluding carboxylic acids is 2. The number of anilines is 1. The first-order chi connectivity index (χ1) is 10.5. The van der Waals surface area contributed by atoms with Gasteiger partial charge in [0.25, 0.3) is 11.8 Å². The van der Waals surface area contributed by atoms with Gasteiger partial charge in [-0.25, -0.2) is 13.8 Å². The van der Waals surface area contributed by atoms with E-state index in [0.717, 1.165) is 36.3 Å². The highest BCUT2D eigenvalue weighted by molar-refractivity contribution is 7.14. The van der Waals surface area contributed by atoms with Gasteiger partial charge in [0.05, 0.1) is 0 Å². The Bertz CT molecular complexity index is 743. The molecule has 0 atom stereocenters. The Kier molecular flexibility index (Phi) is 3.84. The molecule has 2 amide bonds. The minimum Gasteiger partial charge on any atom is -0.348 e. The van der Waals surface area contributed by atoms with Gasteiger partial charge in [0, 0.05) is 17.0 Å². The molecule has 1 fully saturated rings. The number of hydrogen-bond acceptors (Lipinski definition) is 4. The number of benzene rings is 1. The van der Waals surface area contributed by atoms with E-state index in [-0.39, 0.29) is 28.3 Å². The van der Waals surface area contributed by atoms with Gasteiger partial charge in [0.2, 0.25) is 0 Å². The van der Waals surface area contributed by atoms with E-state index in [9.17, 15) is 18.4 Å². The summed E-state index contributed by atoms with van der Waals surface area (Å²) in [5.41, 5.74) is 0.190. The maximum Gasteiger partial charge on any atom is 0.271 e. The summed E-state index contributed by atoms with van der Waals surface area (Å²) in [6, 6.07) is 3.07. The smallest absolute Gasteiger partial charge is 0.271 e. The highest BCUT2D eigenvalue weighted by Gasteiger charge is 2.25. The second kappa shape index (κ2) is 5.80. The summed E-state index contributed by atoms with van der Waals surface area (Å²) in [5.74, 6) is -3.03. The third-order valence-corrected chi connectivity index (χ3v) is 3.81. The first-order valence-electron chi connectivity index (χ1n) is 6.56. The molecular formula is C14H11F2N3O2S. The number of aromatic nitrogens is 1. The standard InChI is InChI=1S/C14H11F2N3O2S/c15-9-4-1-7(5-10(9)16)12(20)19-14-18-11(6-22-14)13(21)17-8-2-3-8/h1,4-6,8H,2-3H2,(H,17,21)(H,18,19,20). The normalized spacial score (nSPS) is 13.7. The molecule has 2 N–H and O–H groups in total. The van der Waals surface area contributed by atoms with Crippen LogP contribution >= 0.6 is 11.3 Å². The van der Waals surface area contributed by atoms with Gasteiger partial charge in [0.1, 0.15) is 5.69 Å². The number of hydrogen-bond donors (Lipinski definition) is 2. The molecule has 1 aromatic carbocycles. The molecule has 0 aliphatic heterocycles. The average Bonchev–Trinajstić information content (AvgIpc) is 3.17. The quantitative estimate of drug-likeness (QED) is 0.908. The predicted molar refractivity (Wildman–Crippen MR) is 76.9 cm³/mol. The van der Waals surface area contributed by atoms with Gasteiger partial charge in [0.15, 0.2) is 16.8 Å². The second-order valence-electron chi connectivity index (χ2n) is 4.87.